The van der Waals surface area contributed by atoms with Crippen molar-refractivity contribution in [1.29, 1.82) is 0 Å². The highest BCUT2D eigenvalue weighted by Gasteiger charge is 2.36. The predicted octanol–water partition coefficient (Wildman–Crippen LogP) is 4.38. The first kappa shape index (κ1) is 30.8. The average molecular weight is 603 g/mol. The summed E-state index contributed by atoms with van der Waals surface area (Å²) in [5, 5.41) is 3.02. The summed E-state index contributed by atoms with van der Waals surface area (Å²) in [6, 6.07) is 8.71. The van der Waals surface area contributed by atoms with E-state index in [1.807, 2.05) is 59.4 Å². The SMILES string of the molecule is CC(C)(C)c1nc(N2CCN(CCCCNC(=O)N3CCC(n4c(=O)[nH]c5ccccc54)CC3)CC2)cc(C(F)(F)F)n1. The van der Waals surface area contributed by atoms with Crippen molar-refractivity contribution in [2.75, 3.05) is 57.3 Å². The lowest BCUT2D eigenvalue weighted by Crippen LogP contribution is -2.47. The minimum Gasteiger partial charge on any atom is -0.354 e. The highest BCUT2D eigenvalue weighted by Crippen LogP contribution is 2.32. The molecule has 0 bridgehead atoms. The number of aromatic nitrogens is 4. The van der Waals surface area contributed by atoms with Crippen molar-refractivity contribution < 1.29 is 18.0 Å². The number of urea groups is 1. The summed E-state index contributed by atoms with van der Waals surface area (Å²) in [6.07, 6.45) is -1.32. The number of alkyl halides is 3. The fraction of sp³-hybridized carbons (Fsp3) is 0.600. The number of likely N-dealkylation sites (tertiary alicyclic amines) is 1. The highest BCUT2D eigenvalue weighted by molar-refractivity contribution is 5.75. The molecule has 0 radical (unpaired) electrons. The van der Waals surface area contributed by atoms with Crippen LogP contribution in [-0.4, -0.2) is 87.7 Å². The Morgan fingerprint density at radius 1 is 1.00 bits per heavy atom. The van der Waals surface area contributed by atoms with E-state index in [0.29, 0.717) is 38.5 Å². The quantitative estimate of drug-likeness (QED) is 0.389. The van der Waals surface area contributed by atoms with E-state index in [2.05, 4.69) is 25.2 Å². The van der Waals surface area contributed by atoms with Crippen LogP contribution in [0.4, 0.5) is 23.8 Å². The number of para-hydroxylation sites is 2. The number of fused-ring (bicyclic) bond motifs is 1. The molecule has 2 amide bonds. The molecule has 234 valence electrons. The van der Waals surface area contributed by atoms with Crippen LogP contribution in [0.1, 0.15) is 64.0 Å². The molecule has 3 aromatic rings. The molecule has 2 saturated heterocycles. The number of hydrogen-bond acceptors (Lipinski definition) is 6. The van der Waals surface area contributed by atoms with Crippen LogP contribution in [0.2, 0.25) is 0 Å². The second-order valence-electron chi connectivity index (χ2n) is 12.5. The molecule has 0 aliphatic carbocycles. The Hall–Kier alpha value is -3.61. The maximum Gasteiger partial charge on any atom is 0.433 e. The van der Waals surface area contributed by atoms with Gasteiger partial charge in [-0.3, -0.25) is 9.47 Å². The van der Waals surface area contributed by atoms with Gasteiger partial charge in [-0.2, -0.15) is 13.2 Å². The summed E-state index contributed by atoms with van der Waals surface area (Å²) >= 11 is 0. The number of amides is 2. The van der Waals surface area contributed by atoms with E-state index in [0.717, 1.165) is 62.4 Å². The third-order valence-corrected chi connectivity index (χ3v) is 8.29. The van der Waals surface area contributed by atoms with E-state index in [4.69, 9.17) is 0 Å². The number of halogens is 3. The largest absolute Gasteiger partial charge is 0.433 e. The summed E-state index contributed by atoms with van der Waals surface area (Å²) in [5.74, 6) is 0.517. The summed E-state index contributed by atoms with van der Waals surface area (Å²) in [6.45, 7) is 10.7. The Morgan fingerprint density at radius 3 is 2.37 bits per heavy atom. The van der Waals surface area contributed by atoms with Crippen LogP contribution in [-0.2, 0) is 11.6 Å². The zero-order valence-electron chi connectivity index (χ0n) is 25.1. The van der Waals surface area contributed by atoms with E-state index < -0.39 is 17.3 Å². The number of piperidine rings is 1. The topological polar surface area (TPSA) is 102 Å². The number of anilines is 1. The van der Waals surface area contributed by atoms with E-state index in [-0.39, 0.29) is 23.6 Å². The molecule has 10 nitrogen and oxygen atoms in total. The molecule has 13 heteroatoms. The second-order valence-corrected chi connectivity index (χ2v) is 12.5. The molecule has 2 fully saturated rings. The van der Waals surface area contributed by atoms with Crippen molar-refractivity contribution in [3.63, 3.8) is 0 Å². The molecule has 43 heavy (non-hydrogen) atoms. The van der Waals surface area contributed by atoms with E-state index >= 15 is 0 Å². The van der Waals surface area contributed by atoms with Crippen LogP contribution in [0.5, 0.6) is 0 Å². The van der Waals surface area contributed by atoms with Crippen LogP contribution in [0.25, 0.3) is 11.0 Å². The van der Waals surface area contributed by atoms with Gasteiger partial charge in [0.1, 0.15) is 17.3 Å². The number of hydrogen-bond donors (Lipinski definition) is 2. The van der Waals surface area contributed by atoms with Crippen molar-refractivity contribution in [2.24, 2.45) is 0 Å². The molecule has 2 aliphatic heterocycles. The van der Waals surface area contributed by atoms with Crippen molar-refractivity contribution >= 4 is 22.9 Å². The van der Waals surface area contributed by atoms with Gasteiger partial charge in [0, 0.05) is 63.3 Å². The van der Waals surface area contributed by atoms with E-state index in [1.54, 1.807) is 0 Å². The van der Waals surface area contributed by atoms with Gasteiger partial charge >= 0.3 is 17.9 Å². The van der Waals surface area contributed by atoms with Gasteiger partial charge in [0.15, 0.2) is 0 Å². The van der Waals surface area contributed by atoms with Crippen molar-refractivity contribution in [2.45, 2.75) is 64.1 Å². The van der Waals surface area contributed by atoms with Crippen LogP contribution >= 0.6 is 0 Å². The number of nitrogens with one attached hydrogen (secondary N) is 2. The lowest BCUT2D eigenvalue weighted by molar-refractivity contribution is -0.141. The Balaban J connectivity index is 1.02. The van der Waals surface area contributed by atoms with Crippen molar-refractivity contribution in [3.05, 3.63) is 52.3 Å². The van der Waals surface area contributed by atoms with E-state index in [1.165, 1.54) is 0 Å². The summed E-state index contributed by atoms with van der Waals surface area (Å²) in [7, 11) is 0. The zero-order valence-corrected chi connectivity index (χ0v) is 25.1. The fourth-order valence-corrected chi connectivity index (χ4v) is 5.81. The number of benzene rings is 1. The molecule has 0 atom stereocenters. The van der Waals surface area contributed by atoms with Gasteiger partial charge < -0.3 is 20.1 Å². The molecular formula is C30H41F3N8O2. The van der Waals surface area contributed by atoms with Crippen LogP contribution < -0.4 is 15.9 Å². The predicted molar refractivity (Wildman–Crippen MR) is 159 cm³/mol. The maximum absolute atomic E-state index is 13.5. The van der Waals surface area contributed by atoms with Gasteiger partial charge in [-0.15, -0.1) is 0 Å². The van der Waals surface area contributed by atoms with Gasteiger partial charge in [0.25, 0.3) is 0 Å². The first-order valence-electron chi connectivity index (χ1n) is 15.1. The number of imidazole rings is 1. The van der Waals surface area contributed by atoms with E-state index in [9.17, 15) is 22.8 Å². The van der Waals surface area contributed by atoms with Gasteiger partial charge in [0.2, 0.25) is 0 Å². The standard InChI is InChI=1S/C30H41F3N8O2/c1-29(2,3)26-36-24(30(31,32)33)20-25(37-26)39-18-16-38(17-19-39)13-7-6-12-34-27(42)40-14-10-21(11-15-40)41-23-9-5-4-8-22(23)35-28(41)43/h4-5,8-9,20-21H,6-7,10-19H2,1-3H3,(H,34,42)(H,35,43). The first-order valence-corrected chi connectivity index (χ1v) is 15.1. The number of piperazine rings is 1. The van der Waals surface area contributed by atoms with Gasteiger partial charge in [0.05, 0.1) is 11.0 Å². The molecule has 0 unspecified atom stereocenters. The second kappa shape index (κ2) is 12.6. The van der Waals surface area contributed by atoms with Crippen LogP contribution in [0, 0.1) is 0 Å². The lowest BCUT2D eigenvalue weighted by Gasteiger charge is -2.36. The van der Waals surface area contributed by atoms with Crippen LogP contribution in [0.3, 0.4) is 0 Å². The average Bonchev–Trinajstić information content (AvgIpc) is 3.31. The molecule has 4 heterocycles. The summed E-state index contributed by atoms with van der Waals surface area (Å²) in [4.78, 5) is 42.4. The lowest BCUT2D eigenvalue weighted by atomic mass is 9.95. The molecule has 2 N–H and O–H groups in total. The molecule has 1 aromatic carbocycles. The maximum atomic E-state index is 13.5. The molecular weight excluding hydrogens is 561 g/mol. The smallest absolute Gasteiger partial charge is 0.354 e. The number of H-pyrrole nitrogens is 1. The number of unbranched alkanes of at least 4 members (excludes halogenated alkanes) is 1. The monoisotopic (exact) mass is 602 g/mol. The first-order chi connectivity index (χ1) is 20.4. The Kier molecular flexibility index (Phi) is 9.00. The molecule has 0 spiro atoms. The molecule has 2 aromatic heterocycles. The number of carbonyl (C=O) groups is 1. The van der Waals surface area contributed by atoms with Gasteiger partial charge in [-0.05, 0) is 44.4 Å². The Labute approximate surface area is 249 Å². The Morgan fingerprint density at radius 2 is 1.70 bits per heavy atom. The normalized spacial score (nSPS) is 17.5. The van der Waals surface area contributed by atoms with Crippen LogP contribution in [0.15, 0.2) is 35.1 Å². The van der Waals surface area contributed by atoms with Gasteiger partial charge in [-0.25, -0.2) is 19.6 Å². The summed E-state index contributed by atoms with van der Waals surface area (Å²) in [5.41, 5.74) is 0.124. The van der Waals surface area contributed by atoms with Gasteiger partial charge in [-0.1, -0.05) is 32.9 Å². The van der Waals surface area contributed by atoms with Crippen molar-refractivity contribution in [3.8, 4) is 0 Å². The fourth-order valence-electron chi connectivity index (χ4n) is 5.81. The highest BCUT2D eigenvalue weighted by atomic mass is 19.4. The number of nitrogens with zero attached hydrogens (tertiary/aromatic N) is 6. The number of rotatable bonds is 7. The third-order valence-electron chi connectivity index (χ3n) is 8.29. The molecule has 0 saturated carbocycles. The van der Waals surface area contributed by atoms with Crippen molar-refractivity contribution in [1.82, 2.24) is 34.6 Å². The minimum absolute atomic E-state index is 0.0646. The number of aromatic amines is 1. The minimum atomic E-state index is -4.52. The zero-order chi connectivity index (χ0) is 30.8. The molecule has 5 rings (SSSR count). The Bertz CT molecular complexity index is 1430. The molecule has 2 aliphatic rings. The third kappa shape index (κ3) is 7.31. The summed E-state index contributed by atoms with van der Waals surface area (Å²) < 4.78 is 42.3. The number of carbonyl (C=O) groups excluding carboxylic acids is 1.